The van der Waals surface area contributed by atoms with Crippen molar-refractivity contribution in [3.8, 4) is 0 Å². The minimum atomic E-state index is -2.25. The van der Waals surface area contributed by atoms with Gasteiger partial charge in [0.1, 0.15) is 7.11 Å². The second kappa shape index (κ2) is 6.37. The number of oxime groups is 1. The number of allylic oxidation sites excluding steroid dienone is 2. The molecule has 0 bridgehead atoms. The quantitative estimate of drug-likeness (QED) is 0.455. The molecule has 1 aliphatic rings. The zero-order valence-corrected chi connectivity index (χ0v) is 9.42. The van der Waals surface area contributed by atoms with Crippen molar-refractivity contribution in [1.82, 2.24) is 0 Å². The van der Waals surface area contributed by atoms with Gasteiger partial charge in [0, 0.05) is 23.1 Å². The maximum Gasteiger partial charge on any atom is 0.301 e. The van der Waals surface area contributed by atoms with Gasteiger partial charge in [-0.05, 0) is 5.75 Å². The molecule has 1 unspecified atom stereocenters. The maximum absolute atomic E-state index is 12.6. The molecular weight excluding hydrogens is 241 g/mol. The van der Waals surface area contributed by atoms with Gasteiger partial charge in [-0.1, -0.05) is 5.16 Å². The van der Waals surface area contributed by atoms with E-state index in [-0.39, 0.29) is 6.42 Å². The molecule has 0 amide bonds. The largest absolute Gasteiger partial charge is 0.399 e. The zero-order chi connectivity index (χ0) is 12.0. The van der Waals surface area contributed by atoms with Crippen LogP contribution >= 0.6 is 10.9 Å². The summed E-state index contributed by atoms with van der Waals surface area (Å²) in [7, 11) is 0.554. The molecule has 0 spiro atoms. The van der Waals surface area contributed by atoms with Crippen LogP contribution in [0.15, 0.2) is 33.2 Å². The summed E-state index contributed by atoms with van der Waals surface area (Å²) in [5, 5.41) is 3.56. The molecule has 1 rings (SSSR count). The Hall–Kier alpha value is -1.24. The van der Waals surface area contributed by atoms with Crippen molar-refractivity contribution >= 4 is 22.7 Å². The molecule has 0 saturated heterocycles. The van der Waals surface area contributed by atoms with Crippen LogP contribution in [-0.4, -0.2) is 24.6 Å². The van der Waals surface area contributed by atoms with Gasteiger partial charge in [0.2, 0.25) is 0 Å². The molecule has 16 heavy (non-hydrogen) atoms. The van der Waals surface area contributed by atoms with Gasteiger partial charge in [-0.25, -0.2) is 4.39 Å². The summed E-state index contributed by atoms with van der Waals surface area (Å²) in [6.45, 7) is 0. The predicted octanol–water partition coefficient (Wildman–Crippen LogP) is 2.97. The Kier molecular flexibility index (Phi) is 5.10. The predicted molar refractivity (Wildman–Crippen MR) is 60.9 cm³/mol. The van der Waals surface area contributed by atoms with Crippen molar-refractivity contribution in [3.05, 3.63) is 23.0 Å². The second-order valence-electron chi connectivity index (χ2n) is 2.84. The Morgan fingerprint density at radius 3 is 2.94 bits per heavy atom. The van der Waals surface area contributed by atoms with Gasteiger partial charge in [-0.3, -0.25) is 4.99 Å². The van der Waals surface area contributed by atoms with Crippen molar-refractivity contribution < 1.29 is 18.0 Å². The fourth-order valence-corrected chi connectivity index (χ4v) is 2.63. The van der Waals surface area contributed by atoms with E-state index in [4.69, 9.17) is 0 Å². The Morgan fingerprint density at radius 1 is 1.56 bits per heavy atom. The Bertz CT molecular complexity index is 362. The number of hydrogen-bond acceptors (Lipinski definition) is 3. The van der Waals surface area contributed by atoms with Gasteiger partial charge in [0.15, 0.2) is 5.83 Å². The van der Waals surface area contributed by atoms with Gasteiger partial charge in [0.05, 0.1) is 6.21 Å². The molecule has 0 fully saturated rings. The highest BCUT2D eigenvalue weighted by atomic mass is 32.2. The third kappa shape index (κ3) is 3.73. The SMILES string of the molecule is CO/N=C/C1=CN=C[SH]1CCC(F)=C(F)F. The maximum atomic E-state index is 12.6. The van der Waals surface area contributed by atoms with E-state index < -0.39 is 22.8 Å². The first-order valence-electron chi connectivity index (χ1n) is 4.41. The Labute approximate surface area is 93.7 Å². The molecule has 0 aliphatic carbocycles. The van der Waals surface area contributed by atoms with Gasteiger partial charge in [-0.15, -0.1) is 0 Å². The fraction of sp³-hybridized carbons (Fsp3) is 0.333. The van der Waals surface area contributed by atoms with Crippen molar-refractivity contribution in [2.75, 3.05) is 12.9 Å². The highest BCUT2D eigenvalue weighted by molar-refractivity contribution is 8.32. The lowest BCUT2D eigenvalue weighted by atomic mass is 10.4. The lowest BCUT2D eigenvalue weighted by Crippen LogP contribution is -1.94. The molecular formula is C9H11F3N2OS. The van der Waals surface area contributed by atoms with Crippen molar-refractivity contribution in [3.63, 3.8) is 0 Å². The van der Waals surface area contributed by atoms with Crippen LogP contribution in [0, 0.1) is 0 Å². The highest BCUT2D eigenvalue weighted by Crippen LogP contribution is 2.37. The van der Waals surface area contributed by atoms with Crippen LogP contribution in [-0.2, 0) is 4.84 Å². The summed E-state index contributed by atoms with van der Waals surface area (Å²) < 4.78 is 36.2. The van der Waals surface area contributed by atoms with Crippen LogP contribution in [0.3, 0.4) is 0 Å². The lowest BCUT2D eigenvalue weighted by Gasteiger charge is -2.11. The molecule has 1 atom stereocenters. The third-order valence-electron chi connectivity index (χ3n) is 1.81. The molecule has 7 heteroatoms. The van der Waals surface area contributed by atoms with Gasteiger partial charge in [0.25, 0.3) is 0 Å². The van der Waals surface area contributed by atoms with E-state index in [9.17, 15) is 13.2 Å². The topological polar surface area (TPSA) is 34.0 Å². The molecule has 0 saturated carbocycles. The minimum Gasteiger partial charge on any atom is -0.399 e. The lowest BCUT2D eigenvalue weighted by molar-refractivity contribution is 0.215. The molecule has 1 aliphatic heterocycles. The molecule has 90 valence electrons. The summed E-state index contributed by atoms with van der Waals surface area (Å²) in [5.74, 6) is -1.06. The summed E-state index contributed by atoms with van der Waals surface area (Å²) in [5.41, 5.74) is 1.63. The van der Waals surface area contributed by atoms with E-state index in [1.807, 2.05) is 0 Å². The number of nitrogens with zero attached hydrogens (tertiary/aromatic N) is 2. The zero-order valence-electron chi connectivity index (χ0n) is 8.53. The number of thiol groups is 1. The monoisotopic (exact) mass is 252 g/mol. The van der Waals surface area contributed by atoms with E-state index in [1.165, 1.54) is 13.3 Å². The van der Waals surface area contributed by atoms with E-state index in [2.05, 4.69) is 15.0 Å². The molecule has 0 N–H and O–H groups in total. The van der Waals surface area contributed by atoms with Crippen LogP contribution in [0.1, 0.15) is 6.42 Å². The van der Waals surface area contributed by atoms with E-state index in [0.29, 0.717) is 5.75 Å². The molecule has 0 aromatic rings. The number of halogens is 3. The standard InChI is InChI=1S/C9H11F3N2OS/c1-15-14-5-7-4-13-6-16(7)3-2-8(10)9(11)12/h4-6,16H,2-3H2,1H3/b14-5+. The van der Waals surface area contributed by atoms with Crippen LogP contribution < -0.4 is 0 Å². The average molecular weight is 252 g/mol. The van der Waals surface area contributed by atoms with Crippen molar-refractivity contribution in [1.29, 1.82) is 0 Å². The minimum absolute atomic E-state index is 0.280. The molecule has 0 aromatic carbocycles. The summed E-state index contributed by atoms with van der Waals surface area (Å²) in [4.78, 5) is 9.17. The first-order chi connectivity index (χ1) is 7.65. The second-order valence-corrected chi connectivity index (χ2v) is 4.98. The number of hydrogen-bond donors (Lipinski definition) is 1. The highest BCUT2D eigenvalue weighted by Gasteiger charge is 2.13. The normalized spacial score (nSPS) is 21.2. The van der Waals surface area contributed by atoms with Gasteiger partial charge >= 0.3 is 6.08 Å². The van der Waals surface area contributed by atoms with E-state index >= 15 is 0 Å². The van der Waals surface area contributed by atoms with E-state index in [1.54, 1.807) is 11.7 Å². The number of aliphatic imine (C=N–C) groups is 1. The molecule has 0 aromatic heterocycles. The summed E-state index contributed by atoms with van der Waals surface area (Å²) in [6, 6.07) is 0. The first-order valence-corrected chi connectivity index (χ1v) is 6.01. The van der Waals surface area contributed by atoms with Crippen molar-refractivity contribution in [2.45, 2.75) is 6.42 Å². The van der Waals surface area contributed by atoms with Gasteiger partial charge in [-0.2, -0.15) is 19.7 Å². The third-order valence-corrected chi connectivity index (χ3v) is 3.82. The fourth-order valence-electron chi connectivity index (χ4n) is 1.05. The Morgan fingerprint density at radius 2 is 2.31 bits per heavy atom. The van der Waals surface area contributed by atoms with E-state index in [0.717, 1.165) is 4.91 Å². The van der Waals surface area contributed by atoms with Crippen LogP contribution in [0.5, 0.6) is 0 Å². The smallest absolute Gasteiger partial charge is 0.301 e. The average Bonchev–Trinajstić information content (AvgIpc) is 2.70. The summed E-state index contributed by atoms with van der Waals surface area (Å²) in [6.07, 6.45) is 0.508. The Balaban J connectivity index is 2.49. The molecule has 3 nitrogen and oxygen atoms in total. The van der Waals surface area contributed by atoms with Crippen LogP contribution in [0.2, 0.25) is 0 Å². The first kappa shape index (κ1) is 12.8. The molecule has 0 radical (unpaired) electrons. The summed E-state index contributed by atoms with van der Waals surface area (Å²) >= 11 is 0. The number of rotatable bonds is 5. The van der Waals surface area contributed by atoms with Gasteiger partial charge < -0.3 is 4.84 Å². The van der Waals surface area contributed by atoms with Crippen molar-refractivity contribution in [2.24, 2.45) is 10.1 Å². The molecule has 1 heterocycles. The van der Waals surface area contributed by atoms with Crippen LogP contribution in [0.25, 0.3) is 0 Å². The van der Waals surface area contributed by atoms with Crippen LogP contribution in [0.4, 0.5) is 13.2 Å².